The van der Waals surface area contributed by atoms with E-state index in [9.17, 15) is 14.0 Å². The van der Waals surface area contributed by atoms with Crippen LogP contribution < -0.4 is 9.80 Å². The fraction of sp³-hybridized carbons (Fsp3) is 0.333. The van der Waals surface area contributed by atoms with Gasteiger partial charge < -0.3 is 14.7 Å². The molecule has 0 aliphatic carbocycles. The monoisotopic (exact) mass is 445 g/mol. The number of hydrogen-bond donors (Lipinski definition) is 0. The molecule has 2 amide bonds. The Morgan fingerprint density at radius 3 is 2.29 bits per heavy atom. The number of benzene rings is 2. The Morgan fingerprint density at radius 1 is 0.964 bits per heavy atom. The molecule has 5 nitrogen and oxygen atoms in total. The molecule has 0 saturated carbocycles. The van der Waals surface area contributed by atoms with Gasteiger partial charge in [0, 0.05) is 43.6 Å². The highest BCUT2D eigenvalue weighted by Gasteiger charge is 2.38. The van der Waals surface area contributed by atoms with E-state index in [-0.39, 0.29) is 30.0 Å². The molecule has 28 heavy (non-hydrogen) atoms. The van der Waals surface area contributed by atoms with E-state index in [2.05, 4.69) is 15.9 Å². The minimum absolute atomic E-state index is 0.0103. The number of piperazine rings is 1. The van der Waals surface area contributed by atoms with Gasteiger partial charge in [0.1, 0.15) is 5.82 Å². The number of nitrogens with zero attached hydrogens (tertiary/aromatic N) is 3. The summed E-state index contributed by atoms with van der Waals surface area (Å²) < 4.78 is 14.8. The van der Waals surface area contributed by atoms with Crippen LogP contribution in [0.4, 0.5) is 15.8 Å². The van der Waals surface area contributed by atoms with E-state index < -0.39 is 0 Å². The van der Waals surface area contributed by atoms with Crippen LogP contribution in [0.1, 0.15) is 6.42 Å². The van der Waals surface area contributed by atoms with Crippen LogP contribution in [0.2, 0.25) is 0 Å². The van der Waals surface area contributed by atoms with Gasteiger partial charge in [-0.1, -0.05) is 24.3 Å². The number of para-hydroxylation sites is 2. The van der Waals surface area contributed by atoms with Crippen LogP contribution in [-0.4, -0.2) is 49.4 Å². The van der Waals surface area contributed by atoms with Gasteiger partial charge in [0.05, 0.1) is 17.3 Å². The number of rotatable bonds is 3. The molecule has 0 radical (unpaired) electrons. The minimum atomic E-state index is -0.334. The fourth-order valence-corrected chi connectivity index (χ4v) is 4.41. The third-order valence-electron chi connectivity index (χ3n) is 5.40. The highest BCUT2D eigenvalue weighted by molar-refractivity contribution is 9.10. The van der Waals surface area contributed by atoms with Gasteiger partial charge >= 0.3 is 0 Å². The highest BCUT2D eigenvalue weighted by Crippen LogP contribution is 2.32. The zero-order valence-electron chi connectivity index (χ0n) is 15.4. The van der Waals surface area contributed by atoms with Crippen molar-refractivity contribution in [3.05, 3.63) is 58.8 Å². The Labute approximate surface area is 171 Å². The Morgan fingerprint density at radius 2 is 1.61 bits per heavy atom. The van der Waals surface area contributed by atoms with Crippen LogP contribution >= 0.6 is 15.9 Å². The van der Waals surface area contributed by atoms with E-state index in [1.807, 2.05) is 35.2 Å². The Hall–Kier alpha value is -2.41. The van der Waals surface area contributed by atoms with Gasteiger partial charge in [-0.25, -0.2) is 4.39 Å². The number of halogens is 2. The van der Waals surface area contributed by atoms with Gasteiger partial charge in [0.2, 0.25) is 11.8 Å². The maximum atomic E-state index is 14.0. The van der Waals surface area contributed by atoms with E-state index >= 15 is 0 Å². The molecule has 0 aromatic heterocycles. The van der Waals surface area contributed by atoms with Crippen LogP contribution in [0.5, 0.6) is 0 Å². The first-order valence-corrected chi connectivity index (χ1v) is 10.2. The standard InChI is InChI=1S/C21H21BrFN3O2/c22-16-5-1-3-7-18(16)26-14-15(13-20(26)27)21(28)25-11-9-24(10-12-25)19-8-4-2-6-17(19)23/h1-8,15H,9-14H2/t15-/m0/s1. The van der Waals surface area contributed by atoms with Crippen molar-refractivity contribution in [2.45, 2.75) is 6.42 Å². The van der Waals surface area contributed by atoms with Crippen molar-refractivity contribution in [3.8, 4) is 0 Å². The SMILES string of the molecule is O=C([C@H]1CC(=O)N(c2ccccc2Br)C1)N1CCN(c2ccccc2F)CC1. The molecule has 2 heterocycles. The van der Waals surface area contributed by atoms with Crippen LogP contribution in [0.25, 0.3) is 0 Å². The second-order valence-electron chi connectivity index (χ2n) is 7.12. The lowest BCUT2D eigenvalue weighted by atomic mass is 10.1. The van der Waals surface area contributed by atoms with E-state index in [0.29, 0.717) is 38.4 Å². The third-order valence-corrected chi connectivity index (χ3v) is 6.07. The summed E-state index contributed by atoms with van der Waals surface area (Å²) in [5.41, 5.74) is 1.37. The van der Waals surface area contributed by atoms with Gasteiger partial charge in [-0.3, -0.25) is 9.59 Å². The average Bonchev–Trinajstić information content (AvgIpc) is 3.10. The lowest BCUT2D eigenvalue weighted by molar-refractivity contribution is -0.136. The lowest BCUT2D eigenvalue weighted by Gasteiger charge is -2.37. The Balaban J connectivity index is 1.39. The first-order valence-electron chi connectivity index (χ1n) is 9.38. The summed E-state index contributed by atoms with van der Waals surface area (Å²) in [4.78, 5) is 30.9. The molecule has 7 heteroatoms. The fourth-order valence-electron chi connectivity index (χ4n) is 3.91. The Kier molecular flexibility index (Phi) is 5.35. The third kappa shape index (κ3) is 3.63. The molecule has 0 bridgehead atoms. The molecule has 0 unspecified atom stereocenters. The normalized spacial score (nSPS) is 20.0. The molecule has 4 rings (SSSR count). The first kappa shape index (κ1) is 18.9. The summed E-state index contributed by atoms with van der Waals surface area (Å²) in [6, 6.07) is 14.2. The van der Waals surface area contributed by atoms with E-state index in [1.165, 1.54) is 6.07 Å². The lowest BCUT2D eigenvalue weighted by Crippen LogP contribution is -2.51. The molecule has 2 fully saturated rings. The predicted molar refractivity (Wildman–Crippen MR) is 110 cm³/mol. The summed E-state index contributed by atoms with van der Waals surface area (Å²) in [5, 5.41) is 0. The molecule has 2 aliphatic rings. The van der Waals surface area contributed by atoms with Crippen molar-refractivity contribution >= 4 is 39.1 Å². The molecule has 0 N–H and O–H groups in total. The summed E-state index contributed by atoms with van der Waals surface area (Å²) in [6.07, 6.45) is 0.230. The minimum Gasteiger partial charge on any atom is -0.366 e. The van der Waals surface area contributed by atoms with E-state index in [4.69, 9.17) is 0 Å². The van der Waals surface area contributed by atoms with E-state index in [0.717, 1.165) is 10.2 Å². The van der Waals surface area contributed by atoms with Gasteiger partial charge in [-0.15, -0.1) is 0 Å². The van der Waals surface area contributed by atoms with Crippen LogP contribution in [-0.2, 0) is 9.59 Å². The molecule has 0 spiro atoms. The quantitative estimate of drug-likeness (QED) is 0.727. The van der Waals surface area contributed by atoms with Crippen molar-refractivity contribution in [3.63, 3.8) is 0 Å². The van der Waals surface area contributed by atoms with Gasteiger partial charge in [-0.2, -0.15) is 0 Å². The van der Waals surface area contributed by atoms with Gasteiger partial charge in [0.25, 0.3) is 0 Å². The topological polar surface area (TPSA) is 43.9 Å². The van der Waals surface area contributed by atoms with Crippen molar-refractivity contribution in [1.82, 2.24) is 4.90 Å². The Bertz CT molecular complexity index is 899. The molecular weight excluding hydrogens is 425 g/mol. The molecule has 2 aromatic rings. The largest absolute Gasteiger partial charge is 0.366 e. The number of hydrogen-bond acceptors (Lipinski definition) is 3. The van der Waals surface area contributed by atoms with Gasteiger partial charge in [-0.05, 0) is 40.2 Å². The number of carbonyl (C=O) groups is 2. The molecule has 146 valence electrons. The maximum absolute atomic E-state index is 14.0. The number of anilines is 2. The molecule has 2 aliphatic heterocycles. The molecule has 1 atom stereocenters. The summed E-state index contributed by atoms with van der Waals surface area (Å²) in [7, 11) is 0. The van der Waals surface area contributed by atoms with Crippen molar-refractivity contribution < 1.29 is 14.0 Å². The summed E-state index contributed by atoms with van der Waals surface area (Å²) >= 11 is 3.48. The highest BCUT2D eigenvalue weighted by atomic mass is 79.9. The molecular formula is C21H21BrFN3O2. The first-order chi connectivity index (χ1) is 13.5. The zero-order chi connectivity index (χ0) is 19.7. The van der Waals surface area contributed by atoms with Crippen LogP contribution in [0, 0.1) is 11.7 Å². The second kappa shape index (κ2) is 7.91. The molecule has 2 saturated heterocycles. The van der Waals surface area contributed by atoms with Crippen molar-refractivity contribution in [1.29, 1.82) is 0 Å². The van der Waals surface area contributed by atoms with Crippen LogP contribution in [0.15, 0.2) is 53.0 Å². The van der Waals surface area contributed by atoms with Gasteiger partial charge in [0.15, 0.2) is 0 Å². The summed E-state index contributed by atoms with van der Waals surface area (Å²) in [6.45, 7) is 2.64. The number of amides is 2. The summed E-state index contributed by atoms with van der Waals surface area (Å²) in [5.74, 6) is -0.598. The van der Waals surface area contributed by atoms with E-state index in [1.54, 1.807) is 21.9 Å². The molecule has 2 aromatic carbocycles. The predicted octanol–water partition coefficient (Wildman–Crippen LogP) is 3.29. The second-order valence-corrected chi connectivity index (χ2v) is 7.97. The van der Waals surface area contributed by atoms with Crippen molar-refractivity contribution in [2.24, 2.45) is 5.92 Å². The number of carbonyl (C=O) groups excluding carboxylic acids is 2. The van der Waals surface area contributed by atoms with Crippen LogP contribution in [0.3, 0.4) is 0 Å². The van der Waals surface area contributed by atoms with Crippen molar-refractivity contribution in [2.75, 3.05) is 42.5 Å². The maximum Gasteiger partial charge on any atom is 0.228 e. The average molecular weight is 446 g/mol. The smallest absolute Gasteiger partial charge is 0.228 e. The zero-order valence-corrected chi connectivity index (χ0v) is 16.9.